The van der Waals surface area contributed by atoms with Gasteiger partial charge in [0.25, 0.3) is 5.91 Å². The second-order valence-corrected chi connectivity index (χ2v) is 10.8. The minimum Gasteiger partial charge on any atom is -0.371 e. The zero-order valence-corrected chi connectivity index (χ0v) is 22.9. The van der Waals surface area contributed by atoms with E-state index in [2.05, 4.69) is 38.7 Å². The first-order valence-electron chi connectivity index (χ1n) is 13.9. The van der Waals surface area contributed by atoms with E-state index in [1.807, 2.05) is 49.6 Å². The normalized spacial score (nSPS) is 16.6. The van der Waals surface area contributed by atoms with Crippen molar-refractivity contribution in [3.63, 3.8) is 0 Å². The van der Waals surface area contributed by atoms with Gasteiger partial charge < -0.3 is 20.4 Å². The van der Waals surface area contributed by atoms with E-state index in [4.69, 9.17) is 0 Å². The molecular weight excluding hydrogens is 492 g/mol. The first-order valence-corrected chi connectivity index (χ1v) is 13.9. The van der Waals surface area contributed by atoms with Gasteiger partial charge >= 0.3 is 0 Å². The molecule has 2 aliphatic heterocycles. The van der Waals surface area contributed by atoms with Crippen LogP contribution in [0.5, 0.6) is 0 Å². The standard InChI is InChI=1S/C29H36N8O2/c1-4-30-21-9-12-36(13-10-21)25-8-7-23(28-24(25)18-35(3)33-28)29(39)31-22-14-19-16-34(2)32-27(19)20(15-22)17-37-11-5-6-26(37)38/h7-8,14-16,18,21,30H,4-6,9-13,17H2,1-3H3,(H,31,39). The van der Waals surface area contributed by atoms with Crippen LogP contribution >= 0.6 is 0 Å². The molecule has 0 aliphatic carbocycles. The highest BCUT2D eigenvalue weighted by atomic mass is 16.2. The number of aryl methyl sites for hydroxylation is 2. The van der Waals surface area contributed by atoms with Crippen molar-refractivity contribution in [2.75, 3.05) is 36.4 Å². The predicted molar refractivity (Wildman–Crippen MR) is 153 cm³/mol. The molecule has 2 fully saturated rings. The number of anilines is 2. The predicted octanol–water partition coefficient (Wildman–Crippen LogP) is 3.41. The number of aromatic nitrogens is 4. The Morgan fingerprint density at radius 3 is 2.54 bits per heavy atom. The highest BCUT2D eigenvalue weighted by molar-refractivity contribution is 6.14. The van der Waals surface area contributed by atoms with Gasteiger partial charge in [0.1, 0.15) is 5.52 Å². The van der Waals surface area contributed by atoms with Crippen molar-refractivity contribution in [2.24, 2.45) is 14.1 Å². The molecule has 0 unspecified atom stereocenters. The van der Waals surface area contributed by atoms with E-state index in [0.29, 0.717) is 35.8 Å². The molecule has 0 atom stereocenters. The highest BCUT2D eigenvalue weighted by Crippen LogP contribution is 2.32. The largest absolute Gasteiger partial charge is 0.371 e. The number of nitrogens with one attached hydrogen (secondary N) is 2. The van der Waals surface area contributed by atoms with Crippen LogP contribution in [0, 0.1) is 0 Å². The van der Waals surface area contributed by atoms with Crippen LogP contribution in [-0.2, 0) is 25.4 Å². The number of fused-ring (bicyclic) bond motifs is 2. The minimum atomic E-state index is -0.206. The first-order chi connectivity index (χ1) is 18.9. The number of likely N-dealkylation sites (tertiary alicyclic amines) is 1. The number of amides is 2. The third kappa shape index (κ3) is 4.96. The fraction of sp³-hybridized carbons (Fsp3) is 0.448. The lowest BCUT2D eigenvalue weighted by Gasteiger charge is -2.34. The molecule has 0 radical (unpaired) electrons. The second kappa shape index (κ2) is 10.3. The molecule has 2 saturated heterocycles. The number of benzene rings is 2. The Balaban J connectivity index is 1.28. The molecule has 0 spiro atoms. The summed E-state index contributed by atoms with van der Waals surface area (Å²) in [5.41, 5.74) is 4.83. The fourth-order valence-electron chi connectivity index (χ4n) is 6.07. The van der Waals surface area contributed by atoms with Crippen LogP contribution in [0.4, 0.5) is 11.4 Å². The molecule has 0 bridgehead atoms. The maximum atomic E-state index is 13.6. The summed E-state index contributed by atoms with van der Waals surface area (Å²) in [6.07, 6.45) is 7.60. The van der Waals surface area contributed by atoms with Gasteiger partial charge in [-0.25, -0.2) is 0 Å². The second-order valence-electron chi connectivity index (χ2n) is 10.8. The zero-order chi connectivity index (χ0) is 27.1. The van der Waals surface area contributed by atoms with Gasteiger partial charge in [0.15, 0.2) is 0 Å². The summed E-state index contributed by atoms with van der Waals surface area (Å²) in [7, 11) is 3.77. The van der Waals surface area contributed by atoms with Gasteiger partial charge in [0, 0.05) is 92.8 Å². The van der Waals surface area contributed by atoms with Crippen LogP contribution in [0.15, 0.2) is 36.7 Å². The van der Waals surface area contributed by atoms with Gasteiger partial charge in [-0.3, -0.25) is 19.0 Å². The minimum absolute atomic E-state index is 0.164. The monoisotopic (exact) mass is 528 g/mol. The lowest BCUT2D eigenvalue weighted by Crippen LogP contribution is -2.42. The van der Waals surface area contributed by atoms with Crippen LogP contribution in [0.2, 0.25) is 0 Å². The Hall–Kier alpha value is -3.92. The Kier molecular flexibility index (Phi) is 6.72. The summed E-state index contributed by atoms with van der Waals surface area (Å²) in [6.45, 7) is 6.33. The Morgan fingerprint density at radius 2 is 1.79 bits per heavy atom. The number of rotatable bonds is 7. The van der Waals surface area contributed by atoms with Crippen molar-refractivity contribution in [1.82, 2.24) is 29.8 Å². The highest BCUT2D eigenvalue weighted by Gasteiger charge is 2.24. The van der Waals surface area contributed by atoms with Crippen molar-refractivity contribution in [3.8, 4) is 0 Å². The molecule has 4 heterocycles. The third-order valence-electron chi connectivity index (χ3n) is 7.93. The Bertz CT molecular complexity index is 1550. The van der Waals surface area contributed by atoms with Crippen molar-refractivity contribution < 1.29 is 9.59 Å². The summed E-state index contributed by atoms with van der Waals surface area (Å²) < 4.78 is 3.55. The zero-order valence-electron chi connectivity index (χ0n) is 22.9. The molecule has 2 amide bonds. The average Bonchev–Trinajstić information content (AvgIpc) is 3.61. The first kappa shape index (κ1) is 25.4. The number of hydrogen-bond acceptors (Lipinski definition) is 6. The maximum absolute atomic E-state index is 13.6. The number of piperidine rings is 1. The van der Waals surface area contributed by atoms with Crippen molar-refractivity contribution in [3.05, 3.63) is 47.8 Å². The van der Waals surface area contributed by atoms with Crippen molar-refractivity contribution in [1.29, 1.82) is 0 Å². The van der Waals surface area contributed by atoms with E-state index in [-0.39, 0.29) is 11.8 Å². The molecule has 39 heavy (non-hydrogen) atoms. The third-order valence-corrected chi connectivity index (χ3v) is 7.93. The van der Waals surface area contributed by atoms with Gasteiger partial charge in [-0.05, 0) is 50.1 Å². The van der Waals surface area contributed by atoms with Gasteiger partial charge in [0.05, 0.1) is 11.1 Å². The van der Waals surface area contributed by atoms with E-state index in [0.717, 1.165) is 73.0 Å². The van der Waals surface area contributed by atoms with Crippen molar-refractivity contribution in [2.45, 2.75) is 45.2 Å². The van der Waals surface area contributed by atoms with Crippen LogP contribution in [0.25, 0.3) is 21.8 Å². The lowest BCUT2D eigenvalue weighted by molar-refractivity contribution is -0.128. The maximum Gasteiger partial charge on any atom is 0.257 e. The number of nitrogens with zero attached hydrogens (tertiary/aromatic N) is 6. The van der Waals surface area contributed by atoms with Crippen LogP contribution in [0.1, 0.15) is 48.5 Å². The molecule has 2 aromatic carbocycles. The smallest absolute Gasteiger partial charge is 0.257 e. The lowest BCUT2D eigenvalue weighted by atomic mass is 10.0. The van der Waals surface area contributed by atoms with Gasteiger partial charge in [-0.2, -0.15) is 10.2 Å². The summed E-state index contributed by atoms with van der Waals surface area (Å²) >= 11 is 0. The van der Waals surface area contributed by atoms with Crippen LogP contribution in [0.3, 0.4) is 0 Å². The summed E-state index contributed by atoms with van der Waals surface area (Å²) in [5, 5.41) is 17.9. The van der Waals surface area contributed by atoms with E-state index in [1.165, 1.54) is 0 Å². The van der Waals surface area contributed by atoms with E-state index < -0.39 is 0 Å². The quantitative estimate of drug-likeness (QED) is 0.381. The fourth-order valence-corrected chi connectivity index (χ4v) is 6.07. The average molecular weight is 529 g/mol. The van der Waals surface area contributed by atoms with Gasteiger partial charge in [-0.1, -0.05) is 6.92 Å². The van der Waals surface area contributed by atoms with Gasteiger partial charge in [-0.15, -0.1) is 0 Å². The molecule has 2 aromatic heterocycles. The summed E-state index contributed by atoms with van der Waals surface area (Å²) in [6, 6.07) is 8.39. The molecule has 0 saturated carbocycles. The Morgan fingerprint density at radius 1 is 1.03 bits per heavy atom. The van der Waals surface area contributed by atoms with Crippen LogP contribution < -0.4 is 15.5 Å². The Labute approximate surface area is 227 Å². The molecule has 10 heteroatoms. The topological polar surface area (TPSA) is 100 Å². The van der Waals surface area contributed by atoms with Crippen LogP contribution in [-0.4, -0.2) is 68.5 Å². The molecule has 4 aromatic rings. The summed E-state index contributed by atoms with van der Waals surface area (Å²) in [5.74, 6) is -0.0421. The van der Waals surface area contributed by atoms with Gasteiger partial charge in [0.2, 0.25) is 5.91 Å². The molecule has 2 N–H and O–H groups in total. The molecule has 204 valence electrons. The molecule has 2 aliphatic rings. The SMILES string of the molecule is CCNC1CCN(c2ccc(C(=O)Nc3cc(CN4CCCC4=O)c4nn(C)cc4c3)c3nn(C)cc23)CC1. The molecule has 6 rings (SSSR count). The number of carbonyl (C=O) groups is 2. The molecule has 10 nitrogen and oxygen atoms in total. The van der Waals surface area contributed by atoms with E-state index in [1.54, 1.807) is 9.36 Å². The van der Waals surface area contributed by atoms with E-state index in [9.17, 15) is 9.59 Å². The summed E-state index contributed by atoms with van der Waals surface area (Å²) in [4.78, 5) is 30.2. The number of carbonyl (C=O) groups excluding carboxylic acids is 2. The van der Waals surface area contributed by atoms with E-state index >= 15 is 0 Å². The number of hydrogen-bond donors (Lipinski definition) is 2. The van der Waals surface area contributed by atoms with Crippen molar-refractivity contribution >= 4 is 45.0 Å². The molecular formula is C29H36N8O2.